The first-order chi connectivity index (χ1) is 7.42. The third kappa shape index (κ3) is 4.12. The number of aliphatic carboxylic acids is 1. The maximum Gasteiger partial charge on any atom is 0.303 e. The van der Waals surface area contributed by atoms with Gasteiger partial charge in [-0.2, -0.15) is 0 Å². The van der Waals surface area contributed by atoms with E-state index in [4.69, 9.17) is 5.11 Å². The third-order valence-corrected chi connectivity index (χ3v) is 5.52. The molecule has 0 aromatic carbocycles. The van der Waals surface area contributed by atoms with Gasteiger partial charge in [0.05, 0.1) is 11.0 Å². The molecule has 2 atom stereocenters. The summed E-state index contributed by atoms with van der Waals surface area (Å²) in [6, 6.07) is 0. The van der Waals surface area contributed by atoms with Crippen molar-refractivity contribution in [1.82, 2.24) is 0 Å². The molecule has 94 valence electrons. The van der Waals surface area contributed by atoms with E-state index in [2.05, 4.69) is 6.92 Å². The Kier molecular flexibility index (Phi) is 4.77. The molecule has 0 radical (unpaired) electrons. The Morgan fingerprint density at radius 2 is 2.06 bits per heavy atom. The lowest BCUT2D eigenvalue weighted by molar-refractivity contribution is -0.137. The largest absolute Gasteiger partial charge is 0.481 e. The lowest BCUT2D eigenvalue weighted by Gasteiger charge is -2.26. The van der Waals surface area contributed by atoms with Gasteiger partial charge in [0.25, 0.3) is 0 Å². The van der Waals surface area contributed by atoms with Gasteiger partial charge in [0, 0.05) is 6.42 Å². The first kappa shape index (κ1) is 13.5. The highest BCUT2D eigenvalue weighted by atomic mass is 32.2. The highest BCUT2D eigenvalue weighted by Gasteiger charge is 2.29. The maximum absolute atomic E-state index is 11.9. The van der Waals surface area contributed by atoms with Gasteiger partial charge in [0.15, 0.2) is 9.84 Å². The fraction of sp³-hybridized carbons (Fsp3) is 0.909. The van der Waals surface area contributed by atoms with Crippen molar-refractivity contribution in [2.75, 3.05) is 5.75 Å². The SMILES string of the molecule is CC1CCCC(S(=O)(=O)CCCC(=O)O)C1. The predicted octanol–water partition coefficient (Wildman–Crippen LogP) is 1.84. The molecule has 0 heterocycles. The van der Waals surface area contributed by atoms with E-state index in [0.29, 0.717) is 5.92 Å². The van der Waals surface area contributed by atoms with Crippen molar-refractivity contribution in [2.45, 2.75) is 50.7 Å². The van der Waals surface area contributed by atoms with Gasteiger partial charge in [-0.3, -0.25) is 4.79 Å². The Bertz CT molecular complexity index is 334. The number of hydrogen-bond acceptors (Lipinski definition) is 3. The molecule has 1 rings (SSSR count). The van der Waals surface area contributed by atoms with Crippen LogP contribution < -0.4 is 0 Å². The summed E-state index contributed by atoms with van der Waals surface area (Å²) in [5.74, 6) is -0.420. The molecule has 1 aliphatic rings. The maximum atomic E-state index is 11.9. The summed E-state index contributed by atoms with van der Waals surface area (Å²) in [6.07, 6.45) is 3.77. The summed E-state index contributed by atoms with van der Waals surface area (Å²) < 4.78 is 23.8. The summed E-state index contributed by atoms with van der Waals surface area (Å²) in [5.41, 5.74) is 0. The zero-order chi connectivity index (χ0) is 12.2. The fourth-order valence-corrected chi connectivity index (χ4v) is 4.32. The Morgan fingerprint density at radius 3 is 2.62 bits per heavy atom. The van der Waals surface area contributed by atoms with Crippen molar-refractivity contribution in [1.29, 1.82) is 0 Å². The fourth-order valence-electron chi connectivity index (χ4n) is 2.30. The Morgan fingerprint density at radius 1 is 1.38 bits per heavy atom. The minimum absolute atomic E-state index is 0.0245. The normalized spacial score (nSPS) is 26.6. The molecule has 1 aliphatic carbocycles. The van der Waals surface area contributed by atoms with Gasteiger partial charge in [-0.15, -0.1) is 0 Å². The van der Waals surface area contributed by atoms with E-state index in [1.54, 1.807) is 0 Å². The number of carboxylic acid groups (broad SMARTS) is 1. The first-order valence-electron chi connectivity index (χ1n) is 5.85. The van der Waals surface area contributed by atoms with Crippen LogP contribution in [0.3, 0.4) is 0 Å². The number of hydrogen-bond donors (Lipinski definition) is 1. The molecule has 0 aromatic rings. The summed E-state index contributed by atoms with van der Waals surface area (Å²) in [7, 11) is -3.08. The molecule has 0 saturated heterocycles. The van der Waals surface area contributed by atoms with E-state index < -0.39 is 15.8 Å². The van der Waals surface area contributed by atoms with Gasteiger partial charge in [-0.25, -0.2) is 8.42 Å². The van der Waals surface area contributed by atoms with E-state index in [1.807, 2.05) is 0 Å². The molecule has 0 bridgehead atoms. The molecule has 2 unspecified atom stereocenters. The van der Waals surface area contributed by atoms with Gasteiger partial charge in [-0.1, -0.05) is 19.8 Å². The van der Waals surface area contributed by atoms with Crippen molar-refractivity contribution in [2.24, 2.45) is 5.92 Å². The van der Waals surface area contributed by atoms with Crippen molar-refractivity contribution < 1.29 is 18.3 Å². The minimum Gasteiger partial charge on any atom is -0.481 e. The number of rotatable bonds is 5. The second-order valence-electron chi connectivity index (χ2n) is 4.76. The smallest absolute Gasteiger partial charge is 0.303 e. The highest BCUT2D eigenvalue weighted by molar-refractivity contribution is 7.92. The molecule has 0 aliphatic heterocycles. The van der Waals surface area contributed by atoms with E-state index in [0.717, 1.165) is 25.7 Å². The molecule has 0 spiro atoms. The molecule has 0 aromatic heterocycles. The van der Waals surface area contributed by atoms with E-state index in [9.17, 15) is 13.2 Å². The summed E-state index contributed by atoms with van der Waals surface area (Å²) in [6.45, 7) is 2.08. The molecule has 0 amide bonds. The lowest BCUT2D eigenvalue weighted by Crippen LogP contribution is -2.29. The number of carbonyl (C=O) groups is 1. The van der Waals surface area contributed by atoms with E-state index in [-0.39, 0.29) is 23.8 Å². The van der Waals surface area contributed by atoms with Crippen LogP contribution in [0.25, 0.3) is 0 Å². The summed E-state index contributed by atoms with van der Waals surface area (Å²) in [5, 5.41) is 8.24. The van der Waals surface area contributed by atoms with Crippen molar-refractivity contribution in [3.63, 3.8) is 0 Å². The van der Waals surface area contributed by atoms with Gasteiger partial charge in [-0.05, 0) is 25.2 Å². The molecule has 1 saturated carbocycles. The van der Waals surface area contributed by atoms with Crippen LogP contribution in [0, 0.1) is 5.92 Å². The quantitative estimate of drug-likeness (QED) is 0.806. The highest BCUT2D eigenvalue weighted by Crippen LogP contribution is 2.28. The van der Waals surface area contributed by atoms with Crippen LogP contribution in [0.4, 0.5) is 0 Å². The van der Waals surface area contributed by atoms with Gasteiger partial charge in [0.1, 0.15) is 0 Å². The van der Waals surface area contributed by atoms with Gasteiger partial charge < -0.3 is 5.11 Å². The van der Waals surface area contributed by atoms with Gasteiger partial charge in [0.2, 0.25) is 0 Å². The van der Waals surface area contributed by atoms with Crippen LogP contribution in [0.5, 0.6) is 0 Å². The topological polar surface area (TPSA) is 71.4 Å². The molecule has 4 nitrogen and oxygen atoms in total. The van der Waals surface area contributed by atoms with Crippen molar-refractivity contribution in [3.8, 4) is 0 Å². The van der Waals surface area contributed by atoms with Crippen LogP contribution in [-0.2, 0) is 14.6 Å². The zero-order valence-electron chi connectivity index (χ0n) is 9.68. The van der Waals surface area contributed by atoms with Crippen molar-refractivity contribution in [3.05, 3.63) is 0 Å². The van der Waals surface area contributed by atoms with Crippen LogP contribution in [0.15, 0.2) is 0 Å². The average molecular weight is 248 g/mol. The standard InChI is InChI=1S/C11H20O4S/c1-9-4-2-5-10(8-9)16(14,15)7-3-6-11(12)13/h9-10H,2-8H2,1H3,(H,12,13). The monoisotopic (exact) mass is 248 g/mol. The van der Waals surface area contributed by atoms with E-state index in [1.165, 1.54) is 0 Å². The first-order valence-corrected chi connectivity index (χ1v) is 7.56. The third-order valence-electron chi connectivity index (χ3n) is 3.22. The number of sulfone groups is 1. The van der Waals surface area contributed by atoms with Crippen LogP contribution >= 0.6 is 0 Å². The number of carboxylic acids is 1. The average Bonchev–Trinajstić information content (AvgIpc) is 2.16. The molecule has 1 N–H and O–H groups in total. The Labute approximate surface area is 97.0 Å². The molecular formula is C11H20O4S. The Hall–Kier alpha value is -0.580. The van der Waals surface area contributed by atoms with Crippen molar-refractivity contribution >= 4 is 15.8 Å². The summed E-state index contributed by atoms with van der Waals surface area (Å²) >= 11 is 0. The molecule has 1 fully saturated rings. The van der Waals surface area contributed by atoms with Gasteiger partial charge >= 0.3 is 5.97 Å². The molecular weight excluding hydrogens is 228 g/mol. The zero-order valence-corrected chi connectivity index (χ0v) is 10.5. The lowest BCUT2D eigenvalue weighted by atomic mass is 9.91. The Balaban J connectivity index is 2.46. The summed E-state index contributed by atoms with van der Waals surface area (Å²) in [4.78, 5) is 10.3. The van der Waals surface area contributed by atoms with Crippen LogP contribution in [-0.4, -0.2) is 30.5 Å². The van der Waals surface area contributed by atoms with Crippen LogP contribution in [0.2, 0.25) is 0 Å². The molecule has 16 heavy (non-hydrogen) atoms. The minimum atomic E-state index is -3.08. The second-order valence-corrected chi connectivity index (χ2v) is 7.16. The predicted molar refractivity (Wildman–Crippen MR) is 62.1 cm³/mol. The molecule has 5 heteroatoms. The second kappa shape index (κ2) is 5.66. The van der Waals surface area contributed by atoms with E-state index >= 15 is 0 Å². The van der Waals surface area contributed by atoms with Crippen LogP contribution in [0.1, 0.15) is 45.4 Å².